The number of hydrogen-bond donors (Lipinski definition) is 4. The SMILES string of the molecule is O=C(O)C(S)CC1CCC(CC(S)C(=O)O)CC1. The van der Waals surface area contributed by atoms with Crippen molar-refractivity contribution in [3.63, 3.8) is 0 Å². The van der Waals surface area contributed by atoms with Crippen LogP contribution in [0.1, 0.15) is 38.5 Å². The molecule has 1 rings (SSSR count). The molecule has 0 bridgehead atoms. The fourth-order valence-electron chi connectivity index (χ4n) is 2.54. The predicted molar refractivity (Wildman–Crippen MR) is 75.5 cm³/mol. The smallest absolute Gasteiger partial charge is 0.316 e. The van der Waals surface area contributed by atoms with Crippen LogP contribution in [-0.4, -0.2) is 32.7 Å². The van der Waals surface area contributed by atoms with Crippen molar-refractivity contribution in [1.82, 2.24) is 0 Å². The second kappa shape index (κ2) is 7.28. The van der Waals surface area contributed by atoms with Gasteiger partial charge in [0.15, 0.2) is 0 Å². The first-order chi connectivity index (χ1) is 8.40. The van der Waals surface area contributed by atoms with Crippen LogP contribution in [0.15, 0.2) is 0 Å². The van der Waals surface area contributed by atoms with E-state index in [1.54, 1.807) is 0 Å². The van der Waals surface area contributed by atoms with Gasteiger partial charge in [0.25, 0.3) is 0 Å². The van der Waals surface area contributed by atoms with Gasteiger partial charge in [0.1, 0.15) is 0 Å². The maximum atomic E-state index is 10.7. The molecule has 18 heavy (non-hydrogen) atoms. The number of thiol groups is 2. The Balaban J connectivity index is 2.28. The average molecular weight is 292 g/mol. The van der Waals surface area contributed by atoms with Crippen molar-refractivity contribution in [2.24, 2.45) is 11.8 Å². The molecule has 104 valence electrons. The summed E-state index contributed by atoms with van der Waals surface area (Å²) in [5, 5.41) is 16.4. The first kappa shape index (κ1) is 15.7. The van der Waals surface area contributed by atoms with Gasteiger partial charge in [0.05, 0.1) is 10.5 Å². The van der Waals surface area contributed by atoms with Crippen LogP contribution in [0.25, 0.3) is 0 Å². The van der Waals surface area contributed by atoms with Crippen LogP contribution < -0.4 is 0 Å². The van der Waals surface area contributed by atoms with Gasteiger partial charge < -0.3 is 10.2 Å². The summed E-state index contributed by atoms with van der Waals surface area (Å²) in [5.41, 5.74) is 0. The van der Waals surface area contributed by atoms with Crippen LogP contribution in [0.5, 0.6) is 0 Å². The summed E-state index contributed by atoms with van der Waals surface area (Å²) in [7, 11) is 0. The van der Waals surface area contributed by atoms with E-state index in [0.717, 1.165) is 25.7 Å². The summed E-state index contributed by atoms with van der Waals surface area (Å²) < 4.78 is 0. The van der Waals surface area contributed by atoms with E-state index >= 15 is 0 Å². The van der Waals surface area contributed by atoms with E-state index in [2.05, 4.69) is 25.3 Å². The van der Waals surface area contributed by atoms with Crippen molar-refractivity contribution >= 4 is 37.2 Å². The van der Waals surface area contributed by atoms with Crippen molar-refractivity contribution in [2.45, 2.75) is 49.0 Å². The minimum atomic E-state index is -0.859. The van der Waals surface area contributed by atoms with E-state index in [9.17, 15) is 9.59 Å². The zero-order chi connectivity index (χ0) is 13.7. The monoisotopic (exact) mass is 292 g/mol. The van der Waals surface area contributed by atoms with Gasteiger partial charge in [0.2, 0.25) is 0 Å². The van der Waals surface area contributed by atoms with Crippen molar-refractivity contribution in [3.05, 3.63) is 0 Å². The molecule has 0 aromatic rings. The second-order valence-electron chi connectivity index (χ2n) is 5.07. The lowest BCUT2D eigenvalue weighted by atomic mass is 9.78. The quantitative estimate of drug-likeness (QED) is 0.567. The third kappa shape index (κ3) is 5.10. The zero-order valence-electron chi connectivity index (χ0n) is 10.2. The van der Waals surface area contributed by atoms with E-state index in [-0.39, 0.29) is 0 Å². The molecule has 1 fully saturated rings. The summed E-state index contributed by atoms with van der Waals surface area (Å²) in [6.45, 7) is 0. The number of carboxylic acids is 2. The minimum absolute atomic E-state index is 0.406. The number of hydrogen-bond acceptors (Lipinski definition) is 4. The van der Waals surface area contributed by atoms with E-state index in [1.165, 1.54) is 0 Å². The molecule has 1 saturated carbocycles. The number of aliphatic carboxylic acids is 2. The van der Waals surface area contributed by atoms with Gasteiger partial charge in [-0.15, -0.1) is 0 Å². The fraction of sp³-hybridized carbons (Fsp3) is 0.833. The molecule has 4 nitrogen and oxygen atoms in total. The molecule has 2 unspecified atom stereocenters. The van der Waals surface area contributed by atoms with Gasteiger partial charge in [0, 0.05) is 0 Å². The summed E-state index contributed by atoms with van der Waals surface area (Å²) in [4.78, 5) is 21.4. The zero-order valence-corrected chi connectivity index (χ0v) is 11.9. The fourth-order valence-corrected chi connectivity index (χ4v) is 3.13. The van der Waals surface area contributed by atoms with Crippen LogP contribution >= 0.6 is 25.3 Å². The Morgan fingerprint density at radius 2 is 1.17 bits per heavy atom. The second-order valence-corrected chi connectivity index (χ2v) is 6.31. The standard InChI is InChI=1S/C12H20O4S2/c13-11(14)9(17)5-7-1-2-8(4-3-7)6-10(18)12(15)16/h7-10,17-18H,1-6H2,(H,13,14)(H,15,16). The lowest BCUT2D eigenvalue weighted by molar-refractivity contribution is -0.137. The largest absolute Gasteiger partial charge is 0.480 e. The van der Waals surface area contributed by atoms with Crippen LogP contribution in [0.3, 0.4) is 0 Å². The van der Waals surface area contributed by atoms with E-state index in [0.29, 0.717) is 24.7 Å². The van der Waals surface area contributed by atoms with Crippen molar-refractivity contribution in [3.8, 4) is 0 Å². The van der Waals surface area contributed by atoms with E-state index in [4.69, 9.17) is 10.2 Å². The molecule has 1 aliphatic rings. The molecule has 0 aromatic heterocycles. The Hall–Kier alpha value is -0.360. The Morgan fingerprint density at radius 1 is 0.889 bits per heavy atom. The third-order valence-electron chi connectivity index (χ3n) is 3.65. The number of rotatable bonds is 6. The molecule has 0 spiro atoms. The lowest BCUT2D eigenvalue weighted by Gasteiger charge is -2.29. The first-order valence-electron chi connectivity index (χ1n) is 6.22. The van der Waals surface area contributed by atoms with Crippen LogP contribution in [0.4, 0.5) is 0 Å². The lowest BCUT2D eigenvalue weighted by Crippen LogP contribution is -2.24. The molecule has 0 radical (unpaired) electrons. The summed E-state index contributed by atoms with van der Waals surface area (Å²) in [5.74, 6) is -0.908. The van der Waals surface area contributed by atoms with E-state index < -0.39 is 22.4 Å². The molecule has 0 amide bonds. The molecular formula is C12H20O4S2. The van der Waals surface area contributed by atoms with Gasteiger partial charge in [-0.25, -0.2) is 0 Å². The van der Waals surface area contributed by atoms with Gasteiger partial charge in [-0.1, -0.05) is 25.7 Å². The third-order valence-corrected chi connectivity index (χ3v) is 4.51. The van der Waals surface area contributed by atoms with Gasteiger partial charge in [-0.2, -0.15) is 25.3 Å². The highest BCUT2D eigenvalue weighted by Crippen LogP contribution is 2.35. The average Bonchev–Trinajstić information content (AvgIpc) is 2.31. The molecule has 6 heteroatoms. The molecule has 2 N–H and O–H groups in total. The van der Waals surface area contributed by atoms with Gasteiger partial charge >= 0.3 is 11.9 Å². The highest BCUT2D eigenvalue weighted by atomic mass is 32.1. The van der Waals surface area contributed by atoms with Gasteiger partial charge in [-0.05, 0) is 24.7 Å². The Morgan fingerprint density at radius 3 is 1.39 bits per heavy atom. The maximum Gasteiger partial charge on any atom is 0.316 e. The normalized spacial score (nSPS) is 27.4. The Kier molecular flexibility index (Phi) is 6.35. The van der Waals surface area contributed by atoms with Crippen LogP contribution in [0, 0.1) is 11.8 Å². The van der Waals surface area contributed by atoms with Crippen molar-refractivity contribution in [2.75, 3.05) is 0 Å². The van der Waals surface area contributed by atoms with E-state index in [1.807, 2.05) is 0 Å². The number of carboxylic acid groups (broad SMARTS) is 2. The Bertz CT molecular complexity index is 270. The predicted octanol–water partition coefficient (Wildman–Crippen LogP) is 2.34. The minimum Gasteiger partial charge on any atom is -0.480 e. The van der Waals surface area contributed by atoms with Crippen LogP contribution in [0.2, 0.25) is 0 Å². The topological polar surface area (TPSA) is 74.6 Å². The molecule has 0 saturated heterocycles. The molecule has 0 heterocycles. The highest BCUT2D eigenvalue weighted by molar-refractivity contribution is 7.82. The summed E-state index contributed by atoms with van der Waals surface area (Å²) in [6, 6.07) is 0. The van der Waals surface area contributed by atoms with Crippen molar-refractivity contribution < 1.29 is 19.8 Å². The first-order valence-corrected chi connectivity index (χ1v) is 7.25. The number of carbonyl (C=O) groups is 2. The van der Waals surface area contributed by atoms with Crippen molar-refractivity contribution in [1.29, 1.82) is 0 Å². The molecule has 1 aliphatic carbocycles. The summed E-state index contributed by atoms with van der Waals surface area (Å²) >= 11 is 8.10. The van der Waals surface area contributed by atoms with Crippen LogP contribution in [-0.2, 0) is 9.59 Å². The molecule has 2 atom stereocenters. The summed E-state index contributed by atoms with van der Waals surface area (Å²) in [6.07, 6.45) is 5.08. The maximum absolute atomic E-state index is 10.7. The highest BCUT2D eigenvalue weighted by Gasteiger charge is 2.27. The van der Waals surface area contributed by atoms with Gasteiger partial charge in [-0.3, -0.25) is 9.59 Å². The molecular weight excluding hydrogens is 272 g/mol. The molecule has 0 aromatic carbocycles. The Labute approximate surface area is 118 Å². The molecule has 0 aliphatic heterocycles.